The van der Waals surface area contributed by atoms with Crippen molar-refractivity contribution >= 4 is 5.97 Å². The minimum Gasteiger partial charge on any atom is -0.467 e. The molecule has 2 saturated heterocycles. The van der Waals surface area contributed by atoms with Crippen LogP contribution < -0.4 is 0 Å². The summed E-state index contributed by atoms with van der Waals surface area (Å²) in [6.07, 6.45) is 2.76. The van der Waals surface area contributed by atoms with E-state index >= 15 is 0 Å². The van der Waals surface area contributed by atoms with Gasteiger partial charge in [0.2, 0.25) is 0 Å². The predicted octanol–water partition coefficient (Wildman–Crippen LogP) is 1.28. The molecular weight excluding hydrogens is 196 g/mol. The Morgan fingerprint density at radius 1 is 1.60 bits per heavy atom. The van der Waals surface area contributed by atoms with E-state index in [1.54, 1.807) is 0 Å². The minimum absolute atomic E-state index is 0.213. The summed E-state index contributed by atoms with van der Waals surface area (Å²) in [6, 6.07) is 0. The molecular formula is C11H18O4. The van der Waals surface area contributed by atoms with Gasteiger partial charge in [-0.15, -0.1) is 0 Å². The van der Waals surface area contributed by atoms with Gasteiger partial charge in [0.25, 0.3) is 0 Å². The average Bonchev–Trinajstić information content (AvgIpc) is 2.83. The fraction of sp³-hybridized carbons (Fsp3) is 0.909. The number of epoxide rings is 1. The van der Waals surface area contributed by atoms with Gasteiger partial charge in [-0.2, -0.15) is 0 Å². The molecule has 2 heterocycles. The van der Waals surface area contributed by atoms with Crippen LogP contribution in [0.15, 0.2) is 0 Å². The van der Waals surface area contributed by atoms with Gasteiger partial charge in [-0.3, -0.25) is 0 Å². The quantitative estimate of drug-likeness (QED) is 0.513. The minimum atomic E-state index is -0.737. The highest BCUT2D eigenvalue weighted by Gasteiger charge is 2.73. The molecule has 0 N–H and O–H groups in total. The van der Waals surface area contributed by atoms with Crippen LogP contribution >= 0.6 is 0 Å². The highest BCUT2D eigenvalue weighted by molar-refractivity contribution is 5.84. The molecule has 3 atom stereocenters. The van der Waals surface area contributed by atoms with Crippen molar-refractivity contribution in [3.05, 3.63) is 0 Å². The first kappa shape index (κ1) is 10.9. The SMILES string of the molecule is CCC1CC2(CCO1)OC2(C)C(=O)OC. The zero-order chi connectivity index (χ0) is 11.1. The van der Waals surface area contributed by atoms with Gasteiger partial charge < -0.3 is 14.2 Å². The van der Waals surface area contributed by atoms with E-state index < -0.39 is 5.60 Å². The molecule has 0 aromatic rings. The van der Waals surface area contributed by atoms with Crippen LogP contribution in [0.1, 0.15) is 33.1 Å². The lowest BCUT2D eigenvalue weighted by atomic mass is 9.84. The normalized spacial score (nSPS) is 44.1. The molecule has 15 heavy (non-hydrogen) atoms. The molecule has 0 aromatic heterocycles. The number of hydrogen-bond acceptors (Lipinski definition) is 4. The first-order chi connectivity index (χ1) is 7.08. The molecule has 0 aromatic carbocycles. The first-order valence-corrected chi connectivity index (χ1v) is 5.48. The highest BCUT2D eigenvalue weighted by Crippen LogP contribution is 2.56. The summed E-state index contributed by atoms with van der Waals surface area (Å²) in [5, 5.41) is 0. The van der Waals surface area contributed by atoms with Gasteiger partial charge in [0.05, 0.1) is 13.2 Å². The Bertz CT molecular complexity index is 278. The van der Waals surface area contributed by atoms with Crippen molar-refractivity contribution in [1.82, 2.24) is 0 Å². The van der Waals surface area contributed by atoms with Gasteiger partial charge in [-0.05, 0) is 13.3 Å². The molecule has 2 aliphatic heterocycles. The fourth-order valence-electron chi connectivity index (χ4n) is 2.50. The average molecular weight is 214 g/mol. The molecule has 4 heteroatoms. The largest absolute Gasteiger partial charge is 0.467 e. The van der Waals surface area contributed by atoms with Crippen LogP contribution in [-0.2, 0) is 19.0 Å². The maximum Gasteiger partial charge on any atom is 0.340 e. The van der Waals surface area contributed by atoms with E-state index in [1.807, 2.05) is 6.92 Å². The lowest BCUT2D eigenvalue weighted by molar-refractivity contribution is -0.146. The molecule has 2 aliphatic rings. The molecule has 0 amide bonds. The Morgan fingerprint density at radius 2 is 2.33 bits per heavy atom. The number of carbonyl (C=O) groups excluding carboxylic acids is 1. The van der Waals surface area contributed by atoms with Crippen molar-refractivity contribution in [2.24, 2.45) is 0 Å². The molecule has 2 rings (SSSR count). The van der Waals surface area contributed by atoms with Crippen LogP contribution in [0.2, 0.25) is 0 Å². The van der Waals surface area contributed by atoms with Gasteiger partial charge in [0, 0.05) is 19.4 Å². The van der Waals surface area contributed by atoms with Gasteiger partial charge in [-0.1, -0.05) is 6.92 Å². The molecule has 1 spiro atoms. The van der Waals surface area contributed by atoms with Crippen molar-refractivity contribution in [3.8, 4) is 0 Å². The summed E-state index contributed by atoms with van der Waals surface area (Å²) in [4.78, 5) is 11.6. The lowest BCUT2D eigenvalue weighted by Gasteiger charge is -2.28. The molecule has 0 bridgehead atoms. The maximum atomic E-state index is 11.6. The fourth-order valence-corrected chi connectivity index (χ4v) is 2.50. The molecule has 4 nitrogen and oxygen atoms in total. The number of ether oxygens (including phenoxy) is 3. The third-order valence-corrected chi connectivity index (χ3v) is 3.67. The molecule has 0 aliphatic carbocycles. The number of carbonyl (C=O) groups is 1. The van der Waals surface area contributed by atoms with Crippen molar-refractivity contribution in [1.29, 1.82) is 0 Å². The van der Waals surface area contributed by atoms with Crippen LogP contribution in [0, 0.1) is 0 Å². The van der Waals surface area contributed by atoms with Crippen LogP contribution in [0.3, 0.4) is 0 Å². The van der Waals surface area contributed by atoms with Gasteiger partial charge in [0.1, 0.15) is 5.60 Å². The topological polar surface area (TPSA) is 48.1 Å². The Kier molecular flexibility index (Phi) is 2.51. The maximum absolute atomic E-state index is 11.6. The smallest absolute Gasteiger partial charge is 0.340 e. The summed E-state index contributed by atoms with van der Waals surface area (Å²) in [7, 11) is 1.40. The van der Waals surface area contributed by atoms with E-state index in [0.29, 0.717) is 6.61 Å². The third-order valence-electron chi connectivity index (χ3n) is 3.67. The van der Waals surface area contributed by atoms with E-state index in [0.717, 1.165) is 19.3 Å². The Morgan fingerprint density at radius 3 is 2.93 bits per heavy atom. The van der Waals surface area contributed by atoms with E-state index in [9.17, 15) is 4.79 Å². The monoisotopic (exact) mass is 214 g/mol. The molecule has 0 radical (unpaired) electrons. The van der Waals surface area contributed by atoms with Crippen LogP contribution in [0.4, 0.5) is 0 Å². The Hall–Kier alpha value is -0.610. The summed E-state index contributed by atoms with van der Waals surface area (Å²) in [5.41, 5.74) is -1.06. The van der Waals surface area contributed by atoms with E-state index in [1.165, 1.54) is 7.11 Å². The van der Waals surface area contributed by atoms with Crippen LogP contribution in [0.5, 0.6) is 0 Å². The molecule has 86 valence electrons. The summed E-state index contributed by atoms with van der Waals surface area (Å²) in [6.45, 7) is 4.57. The summed E-state index contributed by atoms with van der Waals surface area (Å²) < 4.78 is 16.0. The van der Waals surface area contributed by atoms with Crippen molar-refractivity contribution in [2.75, 3.05) is 13.7 Å². The molecule has 3 unspecified atom stereocenters. The first-order valence-electron chi connectivity index (χ1n) is 5.48. The Labute approximate surface area is 89.9 Å². The van der Waals surface area contributed by atoms with Crippen molar-refractivity contribution in [3.63, 3.8) is 0 Å². The van der Waals surface area contributed by atoms with E-state index in [2.05, 4.69) is 6.92 Å². The van der Waals surface area contributed by atoms with E-state index in [4.69, 9.17) is 14.2 Å². The molecule has 2 fully saturated rings. The van der Waals surface area contributed by atoms with E-state index in [-0.39, 0.29) is 17.7 Å². The second-order valence-electron chi connectivity index (χ2n) is 4.48. The van der Waals surface area contributed by atoms with Gasteiger partial charge >= 0.3 is 5.97 Å². The predicted molar refractivity (Wildman–Crippen MR) is 53.5 cm³/mol. The second-order valence-corrected chi connectivity index (χ2v) is 4.48. The zero-order valence-corrected chi connectivity index (χ0v) is 9.54. The summed E-state index contributed by atoms with van der Waals surface area (Å²) in [5.74, 6) is -0.265. The standard InChI is InChI=1S/C11H18O4/c1-4-8-7-11(5-6-14-8)10(2,15-11)9(12)13-3/h8H,4-7H2,1-3H3. The third kappa shape index (κ3) is 1.47. The van der Waals surface area contributed by atoms with Gasteiger partial charge in [-0.25, -0.2) is 4.79 Å². The second kappa shape index (κ2) is 3.46. The van der Waals surface area contributed by atoms with Crippen LogP contribution in [0.25, 0.3) is 0 Å². The van der Waals surface area contributed by atoms with Crippen molar-refractivity contribution < 1.29 is 19.0 Å². The van der Waals surface area contributed by atoms with Crippen LogP contribution in [-0.4, -0.2) is 37.0 Å². The summed E-state index contributed by atoms with van der Waals surface area (Å²) >= 11 is 0. The number of rotatable bonds is 2. The zero-order valence-electron chi connectivity index (χ0n) is 9.54. The Balaban J connectivity index is 2.08. The molecule has 0 saturated carbocycles. The van der Waals surface area contributed by atoms with Crippen molar-refractivity contribution in [2.45, 2.75) is 50.4 Å². The highest BCUT2D eigenvalue weighted by atomic mass is 16.7. The lowest BCUT2D eigenvalue weighted by Crippen LogP contribution is -2.40. The number of methoxy groups -OCH3 is 1. The number of esters is 1. The number of hydrogen-bond donors (Lipinski definition) is 0. The van der Waals surface area contributed by atoms with Gasteiger partial charge in [0.15, 0.2) is 5.60 Å².